The van der Waals surface area contributed by atoms with Crippen LogP contribution in [0.4, 0.5) is 17.1 Å². The highest BCUT2D eigenvalue weighted by atomic mass is 32.2. The zero-order valence-corrected chi connectivity index (χ0v) is 14.9. The van der Waals surface area contributed by atoms with E-state index in [1.54, 1.807) is 19.1 Å². The van der Waals surface area contributed by atoms with Crippen molar-refractivity contribution in [2.24, 2.45) is 10.2 Å². The van der Waals surface area contributed by atoms with Crippen LogP contribution in [0.1, 0.15) is 11.1 Å². The van der Waals surface area contributed by atoms with E-state index in [2.05, 4.69) is 10.2 Å². The van der Waals surface area contributed by atoms with Gasteiger partial charge in [-0.2, -0.15) is 13.5 Å². The number of nitrogens with two attached hydrogens (primary N) is 1. The fourth-order valence-corrected chi connectivity index (χ4v) is 3.33. The highest BCUT2D eigenvalue weighted by Gasteiger charge is 2.18. The Hall–Kier alpha value is -2.97. The summed E-state index contributed by atoms with van der Waals surface area (Å²) in [5.41, 5.74) is 8.08. The SMILES string of the molecule is Cc1cccc(N=Nc2c(C)cc3cc(S(=O)(=O)O)c(N)cc3c2O)c1. The van der Waals surface area contributed by atoms with Crippen LogP contribution >= 0.6 is 0 Å². The molecule has 0 aliphatic rings. The Balaban J connectivity index is 2.16. The molecule has 0 aliphatic carbocycles. The normalized spacial score (nSPS) is 12.1. The molecule has 0 saturated heterocycles. The van der Waals surface area contributed by atoms with E-state index in [1.165, 1.54) is 12.1 Å². The monoisotopic (exact) mass is 371 g/mol. The van der Waals surface area contributed by atoms with Gasteiger partial charge >= 0.3 is 0 Å². The predicted molar refractivity (Wildman–Crippen MR) is 99.9 cm³/mol. The van der Waals surface area contributed by atoms with Gasteiger partial charge in [0.1, 0.15) is 10.6 Å². The summed E-state index contributed by atoms with van der Waals surface area (Å²) in [6.07, 6.45) is 0. The number of phenolic OH excluding ortho intramolecular Hbond substituents is 1. The molecule has 0 unspecified atom stereocenters. The Labute approximate surface area is 150 Å². The lowest BCUT2D eigenvalue weighted by Crippen LogP contribution is -2.03. The van der Waals surface area contributed by atoms with Gasteiger partial charge in [-0.15, -0.1) is 5.11 Å². The van der Waals surface area contributed by atoms with Crippen LogP contribution in [-0.2, 0) is 10.1 Å². The van der Waals surface area contributed by atoms with Gasteiger partial charge in [0.25, 0.3) is 10.1 Å². The lowest BCUT2D eigenvalue weighted by molar-refractivity contribution is 0.480. The molecule has 0 heterocycles. The first-order chi connectivity index (χ1) is 12.2. The van der Waals surface area contributed by atoms with Crippen molar-refractivity contribution >= 4 is 38.0 Å². The lowest BCUT2D eigenvalue weighted by Gasteiger charge is -2.10. The molecule has 0 aromatic heterocycles. The Kier molecular flexibility index (Phi) is 4.39. The fourth-order valence-electron chi connectivity index (χ4n) is 2.70. The van der Waals surface area contributed by atoms with Gasteiger partial charge in [-0.1, -0.05) is 12.1 Å². The van der Waals surface area contributed by atoms with E-state index in [4.69, 9.17) is 5.73 Å². The first-order valence-corrected chi connectivity index (χ1v) is 9.12. The van der Waals surface area contributed by atoms with Gasteiger partial charge in [0.2, 0.25) is 0 Å². The number of nitrogens with zero attached hydrogens (tertiary/aromatic N) is 2. The third-order valence-corrected chi connectivity index (χ3v) is 4.86. The summed E-state index contributed by atoms with van der Waals surface area (Å²) in [6, 6.07) is 11.6. The molecule has 0 atom stereocenters. The summed E-state index contributed by atoms with van der Waals surface area (Å²) >= 11 is 0. The molecule has 4 N–H and O–H groups in total. The van der Waals surface area contributed by atoms with Crippen molar-refractivity contribution in [3.8, 4) is 5.75 Å². The van der Waals surface area contributed by atoms with Crippen LogP contribution in [0.3, 0.4) is 0 Å². The number of aryl methyl sites for hydroxylation is 2. The molecule has 26 heavy (non-hydrogen) atoms. The van der Waals surface area contributed by atoms with Crippen molar-refractivity contribution in [2.45, 2.75) is 18.7 Å². The Bertz CT molecular complexity index is 1150. The van der Waals surface area contributed by atoms with E-state index >= 15 is 0 Å². The molecule has 3 rings (SSSR count). The molecule has 0 aliphatic heterocycles. The first kappa shape index (κ1) is 17.8. The highest BCUT2D eigenvalue weighted by Crippen LogP contribution is 2.40. The number of benzene rings is 3. The number of phenols is 1. The molecule has 0 radical (unpaired) electrons. The van der Waals surface area contributed by atoms with Gasteiger partial charge in [-0.05, 0) is 60.7 Å². The van der Waals surface area contributed by atoms with Crippen LogP contribution in [0.2, 0.25) is 0 Å². The fraction of sp³-hybridized carbons (Fsp3) is 0.111. The molecule has 0 saturated carbocycles. The van der Waals surface area contributed by atoms with Crippen LogP contribution in [0.15, 0.2) is 57.6 Å². The Morgan fingerprint density at radius 1 is 1.04 bits per heavy atom. The zero-order valence-electron chi connectivity index (χ0n) is 14.1. The molecular weight excluding hydrogens is 354 g/mol. The van der Waals surface area contributed by atoms with E-state index < -0.39 is 15.0 Å². The van der Waals surface area contributed by atoms with Gasteiger partial charge < -0.3 is 10.8 Å². The van der Waals surface area contributed by atoms with Gasteiger partial charge in [0, 0.05) is 5.39 Å². The number of rotatable bonds is 3. The van der Waals surface area contributed by atoms with Crippen molar-refractivity contribution in [3.05, 3.63) is 53.6 Å². The summed E-state index contributed by atoms with van der Waals surface area (Å²) in [4.78, 5) is -0.405. The van der Waals surface area contributed by atoms with E-state index in [1.807, 2.05) is 25.1 Å². The van der Waals surface area contributed by atoms with Crippen molar-refractivity contribution < 1.29 is 18.1 Å². The summed E-state index contributed by atoms with van der Waals surface area (Å²) in [5.74, 6) is -0.162. The van der Waals surface area contributed by atoms with Gasteiger partial charge in [0.15, 0.2) is 5.75 Å². The Morgan fingerprint density at radius 3 is 2.42 bits per heavy atom. The van der Waals surface area contributed by atoms with Crippen LogP contribution in [-0.4, -0.2) is 18.1 Å². The second-order valence-electron chi connectivity index (χ2n) is 6.02. The van der Waals surface area contributed by atoms with E-state index in [0.717, 1.165) is 5.56 Å². The molecule has 3 aromatic carbocycles. The van der Waals surface area contributed by atoms with Crippen molar-refractivity contribution in [1.82, 2.24) is 0 Å². The lowest BCUT2D eigenvalue weighted by atomic mass is 10.0. The number of hydrogen-bond acceptors (Lipinski definition) is 6. The minimum absolute atomic E-state index is 0.162. The average molecular weight is 371 g/mol. The van der Waals surface area contributed by atoms with Gasteiger partial charge in [-0.25, -0.2) is 0 Å². The summed E-state index contributed by atoms with van der Waals surface area (Å²) < 4.78 is 32.1. The second kappa shape index (κ2) is 6.40. The van der Waals surface area contributed by atoms with Crippen LogP contribution in [0, 0.1) is 13.8 Å². The molecular formula is C18H17N3O4S. The highest BCUT2D eigenvalue weighted by molar-refractivity contribution is 7.86. The molecule has 3 aromatic rings. The van der Waals surface area contributed by atoms with Crippen LogP contribution in [0.5, 0.6) is 5.75 Å². The number of nitrogen functional groups attached to an aromatic ring is 1. The summed E-state index contributed by atoms with van der Waals surface area (Å²) in [5, 5.41) is 19.6. The van der Waals surface area contributed by atoms with Crippen LogP contribution in [0.25, 0.3) is 10.8 Å². The number of aromatic hydroxyl groups is 1. The maximum Gasteiger partial charge on any atom is 0.296 e. The van der Waals surface area contributed by atoms with Gasteiger partial charge in [-0.3, -0.25) is 4.55 Å². The third kappa shape index (κ3) is 3.37. The second-order valence-corrected chi connectivity index (χ2v) is 7.41. The largest absolute Gasteiger partial charge is 0.505 e. The quantitative estimate of drug-likeness (QED) is 0.357. The van der Waals surface area contributed by atoms with E-state index in [9.17, 15) is 18.1 Å². The molecule has 0 fully saturated rings. The maximum absolute atomic E-state index is 11.4. The number of anilines is 1. The first-order valence-electron chi connectivity index (χ1n) is 7.68. The predicted octanol–water partition coefficient (Wildman–Crippen LogP) is 4.41. The minimum atomic E-state index is -4.46. The third-order valence-electron chi connectivity index (χ3n) is 3.95. The van der Waals surface area contributed by atoms with Crippen molar-refractivity contribution in [3.63, 3.8) is 0 Å². The minimum Gasteiger partial charge on any atom is -0.505 e. The topological polar surface area (TPSA) is 125 Å². The molecule has 134 valence electrons. The number of azo groups is 1. The van der Waals surface area contributed by atoms with Gasteiger partial charge in [0.05, 0.1) is 11.4 Å². The Morgan fingerprint density at radius 2 is 1.77 bits per heavy atom. The molecule has 8 heteroatoms. The molecule has 0 spiro atoms. The smallest absolute Gasteiger partial charge is 0.296 e. The zero-order chi connectivity index (χ0) is 19.1. The van der Waals surface area contributed by atoms with Crippen molar-refractivity contribution in [1.29, 1.82) is 0 Å². The molecule has 7 nitrogen and oxygen atoms in total. The average Bonchev–Trinajstić information content (AvgIpc) is 2.54. The number of hydrogen-bond donors (Lipinski definition) is 3. The van der Waals surface area contributed by atoms with Crippen molar-refractivity contribution in [2.75, 3.05) is 5.73 Å². The molecule has 0 bridgehead atoms. The molecule has 0 amide bonds. The number of fused-ring (bicyclic) bond motifs is 1. The van der Waals surface area contributed by atoms with E-state index in [0.29, 0.717) is 22.0 Å². The summed E-state index contributed by atoms with van der Waals surface area (Å²) in [6.45, 7) is 3.65. The maximum atomic E-state index is 11.4. The summed E-state index contributed by atoms with van der Waals surface area (Å²) in [7, 11) is -4.46. The standard InChI is InChI=1S/C18H17N3O4S/c1-10-4-3-5-13(6-10)20-21-17-11(2)7-12-8-16(26(23,24)25)15(19)9-14(12)18(17)22/h3-9,22H,19H2,1-2H3,(H,23,24,25). The van der Waals surface area contributed by atoms with E-state index in [-0.39, 0.29) is 17.1 Å². The van der Waals surface area contributed by atoms with Crippen LogP contribution < -0.4 is 5.73 Å².